The fourth-order valence-corrected chi connectivity index (χ4v) is 10.3. The SMILES string of the molecule is c1ccc(-c2c3ccccc3c(-c3ccc4c(c3)oc3cc(-c5ccc6c(c5)sc5c7ccccc7c7ccccc7c65)ccc34)c3ccccc23)cc1. The topological polar surface area (TPSA) is 13.1 Å². The standard InChI is InChI=1S/C52H30OS/c1-2-12-31(13-3-1)49-40-17-7-9-19-42(40)50(43-20-10-8-18-41(43)49)34-24-26-38-37-25-22-32(28-46(37)53-47(38)29-34)33-23-27-45-48(30-33)54-52-44-21-11-5-15-36(44)35-14-4-6-16-39(35)51(45)52/h1-30H. The highest BCUT2D eigenvalue weighted by atomic mass is 32.1. The zero-order valence-corrected chi connectivity index (χ0v) is 30.0. The summed E-state index contributed by atoms with van der Waals surface area (Å²) in [6, 6.07) is 66.5. The van der Waals surface area contributed by atoms with Gasteiger partial charge in [0.05, 0.1) is 0 Å². The van der Waals surface area contributed by atoms with Crippen LogP contribution in [-0.4, -0.2) is 0 Å². The van der Waals surface area contributed by atoms with E-state index in [-0.39, 0.29) is 0 Å². The van der Waals surface area contributed by atoms with Crippen LogP contribution in [0.1, 0.15) is 0 Å². The third-order valence-electron chi connectivity index (χ3n) is 11.4. The van der Waals surface area contributed by atoms with Crippen LogP contribution in [0.3, 0.4) is 0 Å². The maximum atomic E-state index is 6.73. The van der Waals surface area contributed by atoms with Crippen LogP contribution in [0.4, 0.5) is 0 Å². The molecule has 10 aromatic carbocycles. The Morgan fingerprint density at radius 2 is 0.741 bits per heavy atom. The van der Waals surface area contributed by atoms with Crippen molar-refractivity contribution in [3.05, 3.63) is 182 Å². The molecule has 2 aromatic heterocycles. The van der Waals surface area contributed by atoms with Gasteiger partial charge in [-0.1, -0.05) is 152 Å². The molecular formula is C52H30OS. The summed E-state index contributed by atoms with van der Waals surface area (Å²) in [5.74, 6) is 0. The van der Waals surface area contributed by atoms with Crippen LogP contribution >= 0.6 is 11.3 Å². The van der Waals surface area contributed by atoms with Crippen molar-refractivity contribution in [3.8, 4) is 33.4 Å². The molecule has 250 valence electrons. The lowest BCUT2D eigenvalue weighted by atomic mass is 9.86. The molecule has 0 saturated heterocycles. The predicted octanol–water partition coefficient (Wildman–Crippen LogP) is 15.6. The van der Waals surface area contributed by atoms with Crippen LogP contribution < -0.4 is 0 Å². The Kier molecular flexibility index (Phi) is 6.28. The number of thiophene rings is 1. The summed E-state index contributed by atoms with van der Waals surface area (Å²) in [6.07, 6.45) is 0. The van der Waals surface area contributed by atoms with Gasteiger partial charge in [0, 0.05) is 36.3 Å². The number of benzene rings is 10. The molecule has 1 nitrogen and oxygen atoms in total. The zero-order chi connectivity index (χ0) is 35.3. The summed E-state index contributed by atoms with van der Waals surface area (Å²) < 4.78 is 9.39. The Labute approximate surface area is 314 Å². The average Bonchev–Trinajstić information content (AvgIpc) is 3.81. The molecule has 0 unspecified atom stereocenters. The normalized spacial score (nSPS) is 12.1. The van der Waals surface area contributed by atoms with Gasteiger partial charge < -0.3 is 4.42 Å². The van der Waals surface area contributed by atoms with Gasteiger partial charge in [-0.3, -0.25) is 0 Å². The molecule has 12 rings (SSSR count). The fourth-order valence-electron chi connectivity index (χ4n) is 9.05. The van der Waals surface area contributed by atoms with Crippen molar-refractivity contribution < 1.29 is 4.42 Å². The molecule has 2 heteroatoms. The molecule has 0 bridgehead atoms. The van der Waals surface area contributed by atoms with Gasteiger partial charge in [-0.05, 0) is 101 Å². The summed E-state index contributed by atoms with van der Waals surface area (Å²) in [5, 5.41) is 15.2. The molecule has 0 radical (unpaired) electrons. The zero-order valence-electron chi connectivity index (χ0n) is 29.1. The third kappa shape index (κ3) is 4.26. The van der Waals surface area contributed by atoms with Crippen molar-refractivity contribution in [2.24, 2.45) is 0 Å². The lowest BCUT2D eigenvalue weighted by Crippen LogP contribution is -1.90. The first-order valence-electron chi connectivity index (χ1n) is 18.5. The highest BCUT2D eigenvalue weighted by Crippen LogP contribution is 2.47. The fraction of sp³-hybridized carbons (Fsp3) is 0. The van der Waals surface area contributed by atoms with Gasteiger partial charge in [0.15, 0.2) is 0 Å². The molecule has 0 N–H and O–H groups in total. The molecule has 0 saturated carbocycles. The molecule has 54 heavy (non-hydrogen) atoms. The molecule has 0 aliphatic heterocycles. The highest BCUT2D eigenvalue weighted by molar-refractivity contribution is 7.27. The molecule has 0 spiro atoms. The van der Waals surface area contributed by atoms with E-state index in [0.717, 1.165) is 33.1 Å². The predicted molar refractivity (Wildman–Crippen MR) is 233 cm³/mol. The minimum atomic E-state index is 0.902. The van der Waals surface area contributed by atoms with Crippen molar-refractivity contribution >= 4 is 96.5 Å². The van der Waals surface area contributed by atoms with Crippen LogP contribution in [-0.2, 0) is 0 Å². The number of hydrogen-bond acceptors (Lipinski definition) is 2. The van der Waals surface area contributed by atoms with Gasteiger partial charge in [0.1, 0.15) is 11.2 Å². The first-order chi connectivity index (χ1) is 26.8. The van der Waals surface area contributed by atoms with Crippen LogP contribution in [0.2, 0.25) is 0 Å². The van der Waals surface area contributed by atoms with E-state index in [1.54, 1.807) is 0 Å². The van der Waals surface area contributed by atoms with Crippen molar-refractivity contribution in [2.75, 3.05) is 0 Å². The van der Waals surface area contributed by atoms with Gasteiger partial charge in [-0.15, -0.1) is 11.3 Å². The number of hydrogen-bond donors (Lipinski definition) is 0. The van der Waals surface area contributed by atoms with Crippen LogP contribution in [0, 0.1) is 0 Å². The minimum absolute atomic E-state index is 0.902. The largest absolute Gasteiger partial charge is 0.456 e. The van der Waals surface area contributed by atoms with Crippen molar-refractivity contribution in [1.29, 1.82) is 0 Å². The first-order valence-corrected chi connectivity index (χ1v) is 19.3. The van der Waals surface area contributed by atoms with E-state index in [0.29, 0.717) is 0 Å². The molecule has 12 aromatic rings. The summed E-state index contributed by atoms with van der Waals surface area (Å²) in [4.78, 5) is 0. The molecule has 2 heterocycles. The number of rotatable bonds is 3. The number of furan rings is 1. The second kappa shape index (κ2) is 11.4. The van der Waals surface area contributed by atoms with Crippen LogP contribution in [0.25, 0.3) is 119 Å². The van der Waals surface area contributed by atoms with Gasteiger partial charge >= 0.3 is 0 Å². The van der Waals surface area contributed by atoms with Crippen molar-refractivity contribution in [1.82, 2.24) is 0 Å². The Hall–Kier alpha value is -6.74. The highest BCUT2D eigenvalue weighted by Gasteiger charge is 2.19. The molecule has 0 aliphatic rings. The smallest absolute Gasteiger partial charge is 0.136 e. The summed E-state index contributed by atoms with van der Waals surface area (Å²) in [5.41, 5.74) is 9.06. The van der Waals surface area contributed by atoms with Gasteiger partial charge in [-0.2, -0.15) is 0 Å². The van der Waals surface area contributed by atoms with E-state index in [2.05, 4.69) is 182 Å². The van der Waals surface area contributed by atoms with Gasteiger partial charge in [-0.25, -0.2) is 0 Å². The van der Waals surface area contributed by atoms with E-state index < -0.39 is 0 Å². The Morgan fingerprint density at radius 1 is 0.296 bits per heavy atom. The summed E-state index contributed by atoms with van der Waals surface area (Å²) in [7, 11) is 0. The minimum Gasteiger partial charge on any atom is -0.456 e. The van der Waals surface area contributed by atoms with E-state index in [1.165, 1.54) is 85.5 Å². The lowest BCUT2D eigenvalue weighted by Gasteiger charge is -2.17. The number of fused-ring (bicyclic) bond motifs is 13. The van der Waals surface area contributed by atoms with Crippen molar-refractivity contribution in [3.63, 3.8) is 0 Å². The Balaban J connectivity index is 1.01. The second-order valence-electron chi connectivity index (χ2n) is 14.3. The molecule has 0 aliphatic carbocycles. The quantitative estimate of drug-likeness (QED) is 0.132. The van der Waals surface area contributed by atoms with Gasteiger partial charge in [0.2, 0.25) is 0 Å². The molecule has 0 atom stereocenters. The van der Waals surface area contributed by atoms with E-state index in [1.807, 2.05) is 11.3 Å². The van der Waals surface area contributed by atoms with Crippen molar-refractivity contribution in [2.45, 2.75) is 0 Å². The Bertz CT molecular complexity index is 3440. The summed E-state index contributed by atoms with van der Waals surface area (Å²) in [6.45, 7) is 0. The maximum absolute atomic E-state index is 6.73. The third-order valence-corrected chi connectivity index (χ3v) is 12.6. The van der Waals surface area contributed by atoms with E-state index in [4.69, 9.17) is 4.42 Å². The lowest BCUT2D eigenvalue weighted by molar-refractivity contribution is 0.669. The Morgan fingerprint density at radius 3 is 1.37 bits per heavy atom. The molecular weight excluding hydrogens is 673 g/mol. The maximum Gasteiger partial charge on any atom is 0.136 e. The molecule has 0 fully saturated rings. The van der Waals surface area contributed by atoms with E-state index >= 15 is 0 Å². The first kappa shape index (κ1) is 29.8. The summed E-state index contributed by atoms with van der Waals surface area (Å²) >= 11 is 1.90. The van der Waals surface area contributed by atoms with Crippen LogP contribution in [0.5, 0.6) is 0 Å². The monoisotopic (exact) mass is 702 g/mol. The van der Waals surface area contributed by atoms with E-state index in [9.17, 15) is 0 Å². The average molecular weight is 703 g/mol. The van der Waals surface area contributed by atoms with Crippen LogP contribution in [0.15, 0.2) is 186 Å². The van der Waals surface area contributed by atoms with Gasteiger partial charge in [0.25, 0.3) is 0 Å². The second-order valence-corrected chi connectivity index (χ2v) is 15.4. The molecule has 0 amide bonds.